The smallest absolute Gasteiger partial charge is 0.328 e. The molecule has 3 N–H and O–H groups in total. The van der Waals surface area contributed by atoms with Crippen LogP contribution in [0.25, 0.3) is 0 Å². The average Bonchev–Trinajstić information content (AvgIpc) is 2.40. The van der Waals surface area contributed by atoms with Gasteiger partial charge in [-0.25, -0.2) is 4.79 Å². The predicted octanol–water partition coefficient (Wildman–Crippen LogP) is -0.450. The van der Waals surface area contributed by atoms with Gasteiger partial charge in [-0.2, -0.15) is 0 Å². The van der Waals surface area contributed by atoms with Gasteiger partial charge < -0.3 is 15.4 Å². The Hall–Kier alpha value is -2.38. The van der Waals surface area contributed by atoms with Crippen molar-refractivity contribution in [1.29, 1.82) is 0 Å². The molecule has 1 atom stereocenters. The van der Waals surface area contributed by atoms with E-state index < -0.39 is 29.0 Å². The van der Waals surface area contributed by atoms with Crippen LogP contribution in [0.3, 0.4) is 0 Å². The monoisotopic (exact) mass is 297 g/mol. The maximum atomic E-state index is 11.9. The number of amides is 1. The van der Waals surface area contributed by atoms with E-state index >= 15 is 0 Å². The number of rotatable bonds is 6. The SMILES string of the molecule is CC(C)CC(CNC(=O)c1c[nH]c(=O)n(C)c1=O)C(=O)O. The van der Waals surface area contributed by atoms with Gasteiger partial charge >= 0.3 is 11.7 Å². The number of carboxylic acid groups (broad SMARTS) is 1. The number of carbonyl (C=O) groups is 2. The topological polar surface area (TPSA) is 121 Å². The molecular formula is C13H19N3O5. The van der Waals surface area contributed by atoms with Crippen molar-refractivity contribution in [3.8, 4) is 0 Å². The van der Waals surface area contributed by atoms with Gasteiger partial charge in [0.05, 0.1) is 5.92 Å². The van der Waals surface area contributed by atoms with E-state index in [1.54, 1.807) is 0 Å². The molecule has 1 aromatic rings. The molecule has 0 aromatic carbocycles. The molecule has 0 bridgehead atoms. The summed E-state index contributed by atoms with van der Waals surface area (Å²) in [7, 11) is 1.25. The van der Waals surface area contributed by atoms with Crippen LogP contribution in [0.1, 0.15) is 30.6 Å². The first-order chi connectivity index (χ1) is 9.73. The number of aliphatic carboxylic acids is 1. The molecule has 0 spiro atoms. The lowest BCUT2D eigenvalue weighted by molar-refractivity contribution is -0.142. The molecule has 1 aromatic heterocycles. The van der Waals surface area contributed by atoms with E-state index in [2.05, 4.69) is 10.3 Å². The summed E-state index contributed by atoms with van der Waals surface area (Å²) in [6.45, 7) is 3.69. The van der Waals surface area contributed by atoms with Gasteiger partial charge in [0, 0.05) is 19.8 Å². The minimum atomic E-state index is -1.00. The number of nitrogens with one attached hydrogen (secondary N) is 2. The van der Waals surface area contributed by atoms with Gasteiger partial charge in [-0.1, -0.05) is 13.8 Å². The summed E-state index contributed by atoms with van der Waals surface area (Å²) in [6, 6.07) is 0. The number of aromatic amines is 1. The molecule has 0 aliphatic heterocycles. The minimum Gasteiger partial charge on any atom is -0.481 e. The highest BCUT2D eigenvalue weighted by molar-refractivity contribution is 5.93. The van der Waals surface area contributed by atoms with Crippen LogP contribution in [-0.2, 0) is 11.8 Å². The van der Waals surface area contributed by atoms with E-state index in [1.165, 1.54) is 7.05 Å². The molecule has 21 heavy (non-hydrogen) atoms. The van der Waals surface area contributed by atoms with Gasteiger partial charge in [0.2, 0.25) is 0 Å². The van der Waals surface area contributed by atoms with Gasteiger partial charge in [-0.05, 0) is 12.3 Å². The Kier molecular flexibility index (Phi) is 5.45. The highest BCUT2D eigenvalue weighted by Gasteiger charge is 2.21. The van der Waals surface area contributed by atoms with Gasteiger partial charge in [-0.3, -0.25) is 19.0 Å². The first kappa shape index (κ1) is 16.7. The number of hydrogen-bond acceptors (Lipinski definition) is 4. The van der Waals surface area contributed by atoms with Crippen LogP contribution >= 0.6 is 0 Å². The molecule has 0 aliphatic rings. The second-order valence-electron chi connectivity index (χ2n) is 5.25. The summed E-state index contributed by atoms with van der Waals surface area (Å²) in [6.07, 6.45) is 1.44. The molecule has 116 valence electrons. The van der Waals surface area contributed by atoms with Crippen LogP contribution in [0, 0.1) is 11.8 Å². The summed E-state index contributed by atoms with van der Waals surface area (Å²) in [5, 5.41) is 11.5. The number of carbonyl (C=O) groups excluding carboxylic acids is 1. The Labute approximate surface area is 120 Å². The standard InChI is InChI=1S/C13H19N3O5/c1-7(2)4-8(12(19)20)5-14-10(17)9-6-15-13(21)16(3)11(9)18/h6-8H,4-5H2,1-3H3,(H,14,17)(H,15,21)(H,19,20). The third-order valence-corrected chi connectivity index (χ3v) is 3.04. The van der Waals surface area contributed by atoms with Crippen LogP contribution in [0.4, 0.5) is 0 Å². The summed E-state index contributed by atoms with van der Waals surface area (Å²) >= 11 is 0. The minimum absolute atomic E-state index is 0.0748. The zero-order chi connectivity index (χ0) is 16.2. The average molecular weight is 297 g/mol. The number of hydrogen-bond donors (Lipinski definition) is 3. The highest BCUT2D eigenvalue weighted by Crippen LogP contribution is 2.11. The fourth-order valence-electron chi connectivity index (χ4n) is 1.88. The van der Waals surface area contributed by atoms with Crippen molar-refractivity contribution in [3.63, 3.8) is 0 Å². The summed E-state index contributed by atoms with van der Waals surface area (Å²) in [5.41, 5.74) is -1.59. The van der Waals surface area contributed by atoms with Gasteiger partial charge in [0.15, 0.2) is 0 Å². The first-order valence-corrected chi connectivity index (χ1v) is 6.53. The van der Waals surface area contributed by atoms with Crippen molar-refractivity contribution < 1.29 is 14.7 Å². The molecule has 0 radical (unpaired) electrons. The van der Waals surface area contributed by atoms with E-state index in [9.17, 15) is 19.2 Å². The predicted molar refractivity (Wildman–Crippen MR) is 75.2 cm³/mol. The van der Waals surface area contributed by atoms with E-state index in [0.717, 1.165) is 10.8 Å². The molecule has 0 aliphatic carbocycles. The number of aromatic nitrogens is 2. The Morgan fingerprint density at radius 1 is 1.38 bits per heavy atom. The Morgan fingerprint density at radius 2 is 2.00 bits per heavy atom. The first-order valence-electron chi connectivity index (χ1n) is 6.53. The maximum absolute atomic E-state index is 11.9. The molecule has 1 amide bonds. The molecule has 8 heteroatoms. The zero-order valence-electron chi connectivity index (χ0n) is 12.2. The number of H-pyrrole nitrogens is 1. The van der Waals surface area contributed by atoms with Crippen molar-refractivity contribution in [2.24, 2.45) is 18.9 Å². The lowest BCUT2D eigenvalue weighted by atomic mass is 9.97. The molecule has 0 fully saturated rings. The molecule has 0 saturated carbocycles. The second-order valence-corrected chi connectivity index (χ2v) is 5.25. The van der Waals surface area contributed by atoms with E-state index in [-0.39, 0.29) is 18.0 Å². The molecule has 8 nitrogen and oxygen atoms in total. The molecule has 1 heterocycles. The Balaban J connectivity index is 2.82. The molecular weight excluding hydrogens is 278 g/mol. The van der Waals surface area contributed by atoms with Gasteiger partial charge in [0.1, 0.15) is 5.56 Å². The van der Waals surface area contributed by atoms with Gasteiger partial charge in [-0.15, -0.1) is 0 Å². The lowest BCUT2D eigenvalue weighted by Crippen LogP contribution is -2.41. The summed E-state index contributed by atoms with van der Waals surface area (Å²) in [4.78, 5) is 48.2. The third-order valence-electron chi connectivity index (χ3n) is 3.04. The maximum Gasteiger partial charge on any atom is 0.328 e. The normalized spacial score (nSPS) is 12.2. The van der Waals surface area contributed by atoms with Crippen LogP contribution in [-0.4, -0.2) is 33.1 Å². The number of nitrogens with zero attached hydrogens (tertiary/aromatic N) is 1. The van der Waals surface area contributed by atoms with Gasteiger partial charge in [0.25, 0.3) is 11.5 Å². The lowest BCUT2D eigenvalue weighted by Gasteiger charge is -2.15. The highest BCUT2D eigenvalue weighted by atomic mass is 16.4. The van der Waals surface area contributed by atoms with Crippen LogP contribution < -0.4 is 16.6 Å². The number of carboxylic acids is 1. The fourth-order valence-corrected chi connectivity index (χ4v) is 1.88. The van der Waals surface area contributed by atoms with Crippen LogP contribution in [0.5, 0.6) is 0 Å². The molecule has 1 unspecified atom stereocenters. The molecule has 0 saturated heterocycles. The quantitative estimate of drug-likeness (QED) is 0.656. The third kappa shape index (κ3) is 4.30. The van der Waals surface area contributed by atoms with Crippen LogP contribution in [0.2, 0.25) is 0 Å². The fraction of sp³-hybridized carbons (Fsp3) is 0.538. The second kappa shape index (κ2) is 6.87. The van der Waals surface area contributed by atoms with Crippen molar-refractivity contribution >= 4 is 11.9 Å². The summed E-state index contributed by atoms with van der Waals surface area (Å²) in [5.74, 6) is -2.26. The summed E-state index contributed by atoms with van der Waals surface area (Å²) < 4.78 is 0.776. The van der Waals surface area contributed by atoms with E-state index in [0.29, 0.717) is 6.42 Å². The zero-order valence-corrected chi connectivity index (χ0v) is 12.2. The van der Waals surface area contributed by atoms with E-state index in [4.69, 9.17) is 5.11 Å². The Morgan fingerprint density at radius 3 is 2.52 bits per heavy atom. The van der Waals surface area contributed by atoms with Crippen molar-refractivity contribution in [1.82, 2.24) is 14.9 Å². The van der Waals surface area contributed by atoms with Crippen molar-refractivity contribution in [2.75, 3.05) is 6.54 Å². The van der Waals surface area contributed by atoms with E-state index in [1.807, 2.05) is 13.8 Å². The van der Waals surface area contributed by atoms with Crippen molar-refractivity contribution in [2.45, 2.75) is 20.3 Å². The largest absolute Gasteiger partial charge is 0.481 e. The molecule has 1 rings (SSSR count). The van der Waals surface area contributed by atoms with Crippen LogP contribution in [0.15, 0.2) is 15.8 Å². The Bertz CT molecular complexity index is 644. The van der Waals surface area contributed by atoms with Crippen molar-refractivity contribution in [3.05, 3.63) is 32.6 Å².